The number of hydrogen-bond acceptors (Lipinski definition) is 2. The minimum absolute atomic E-state index is 0.0948. The molecule has 1 fully saturated rings. The Kier molecular flexibility index (Phi) is 3.55. The van der Waals surface area contributed by atoms with E-state index in [2.05, 4.69) is 17.2 Å². The molecule has 13 heavy (non-hydrogen) atoms. The molecule has 0 aromatic carbocycles. The van der Waals surface area contributed by atoms with Crippen molar-refractivity contribution in [3.8, 4) is 0 Å². The summed E-state index contributed by atoms with van der Waals surface area (Å²) in [5.41, 5.74) is 2.45. The van der Waals surface area contributed by atoms with E-state index in [1.165, 1.54) is 0 Å². The average molecular weight is 197 g/mol. The Hall–Kier alpha value is -0.290. The fraction of sp³-hybridized carbons (Fsp3) is 1.00. The lowest BCUT2D eigenvalue weighted by molar-refractivity contribution is -0.192. The van der Waals surface area contributed by atoms with Gasteiger partial charge in [-0.2, -0.15) is 18.7 Å². The Bertz CT molecular complexity index is 160. The van der Waals surface area contributed by atoms with Crippen molar-refractivity contribution >= 4 is 0 Å². The van der Waals surface area contributed by atoms with Gasteiger partial charge in [0.2, 0.25) is 0 Å². The van der Waals surface area contributed by atoms with Crippen molar-refractivity contribution in [1.82, 2.24) is 5.48 Å². The number of nitrogens with one attached hydrogen (secondary N) is 1. The topological polar surface area (TPSA) is 21.3 Å². The van der Waals surface area contributed by atoms with Crippen LogP contribution >= 0.6 is 0 Å². The summed E-state index contributed by atoms with van der Waals surface area (Å²) in [4.78, 5) is 4.36. The third kappa shape index (κ3) is 4.47. The molecular formula is C8H14F3NO. The number of halogens is 3. The normalized spacial score (nSPS) is 29.5. The van der Waals surface area contributed by atoms with Gasteiger partial charge < -0.3 is 0 Å². The van der Waals surface area contributed by atoms with E-state index in [0.29, 0.717) is 5.92 Å². The molecule has 1 rings (SSSR count). The van der Waals surface area contributed by atoms with Crippen LogP contribution < -0.4 is 5.48 Å². The predicted molar refractivity (Wildman–Crippen MR) is 41.9 cm³/mol. The largest absolute Gasteiger partial charge is 0.413 e. The maximum Gasteiger partial charge on any atom is 0.413 e. The minimum atomic E-state index is -4.24. The molecule has 0 heterocycles. The number of hydroxylamine groups is 1. The second-order valence-electron chi connectivity index (χ2n) is 3.64. The molecule has 0 amide bonds. The maximum atomic E-state index is 11.6. The average Bonchev–Trinajstić information content (AvgIpc) is 2.33. The molecule has 1 aliphatic carbocycles. The predicted octanol–water partition coefficient (Wildman–Crippen LogP) is 2.26. The van der Waals surface area contributed by atoms with Gasteiger partial charge in [0.25, 0.3) is 0 Å². The summed E-state index contributed by atoms with van der Waals surface area (Å²) in [6, 6.07) is 0.0948. The highest BCUT2D eigenvalue weighted by Gasteiger charge is 2.29. The SMILES string of the molecule is CC1CCC(NOCC(F)(F)F)C1. The Morgan fingerprint density at radius 1 is 1.38 bits per heavy atom. The molecule has 2 unspecified atom stereocenters. The molecule has 0 aromatic rings. The van der Waals surface area contributed by atoms with Gasteiger partial charge in [0.15, 0.2) is 6.61 Å². The van der Waals surface area contributed by atoms with Crippen LogP contribution in [0.1, 0.15) is 26.2 Å². The van der Waals surface area contributed by atoms with Crippen molar-refractivity contribution in [2.75, 3.05) is 6.61 Å². The zero-order chi connectivity index (χ0) is 9.90. The van der Waals surface area contributed by atoms with E-state index in [-0.39, 0.29) is 6.04 Å². The molecule has 0 saturated heterocycles. The lowest BCUT2D eigenvalue weighted by Gasteiger charge is -2.13. The van der Waals surface area contributed by atoms with E-state index in [4.69, 9.17) is 0 Å². The van der Waals surface area contributed by atoms with Crippen LogP contribution in [-0.4, -0.2) is 18.8 Å². The standard InChI is InChI=1S/C8H14F3NO/c1-6-2-3-7(4-6)12-13-5-8(9,10)11/h6-7,12H,2-5H2,1H3. The van der Waals surface area contributed by atoms with Gasteiger partial charge in [-0.25, -0.2) is 0 Å². The lowest BCUT2D eigenvalue weighted by atomic mass is 10.1. The molecule has 1 N–H and O–H groups in total. The van der Waals surface area contributed by atoms with Crippen LogP contribution in [0, 0.1) is 5.92 Å². The Morgan fingerprint density at radius 2 is 2.08 bits per heavy atom. The number of rotatable bonds is 3. The van der Waals surface area contributed by atoms with Crippen molar-refractivity contribution in [1.29, 1.82) is 0 Å². The summed E-state index contributed by atoms with van der Waals surface area (Å²) in [5, 5.41) is 0. The fourth-order valence-corrected chi connectivity index (χ4v) is 1.56. The first kappa shape index (κ1) is 10.8. The van der Waals surface area contributed by atoms with Gasteiger partial charge in [-0.3, -0.25) is 4.84 Å². The summed E-state index contributed by atoms with van der Waals surface area (Å²) in [6.45, 7) is 0.878. The Labute approximate surface area is 75.4 Å². The molecule has 2 atom stereocenters. The van der Waals surface area contributed by atoms with E-state index in [1.54, 1.807) is 0 Å². The summed E-state index contributed by atoms with van der Waals surface area (Å²) in [6.07, 6.45) is -1.37. The molecule has 78 valence electrons. The maximum absolute atomic E-state index is 11.6. The van der Waals surface area contributed by atoms with Crippen LogP contribution in [0.3, 0.4) is 0 Å². The molecule has 0 aliphatic heterocycles. The smallest absolute Gasteiger partial charge is 0.292 e. The molecule has 1 saturated carbocycles. The number of hydrogen-bond donors (Lipinski definition) is 1. The monoisotopic (exact) mass is 197 g/mol. The van der Waals surface area contributed by atoms with Gasteiger partial charge in [0, 0.05) is 6.04 Å². The molecule has 2 nitrogen and oxygen atoms in total. The summed E-state index contributed by atoms with van der Waals surface area (Å²) in [7, 11) is 0. The molecule has 1 aliphatic rings. The van der Waals surface area contributed by atoms with Crippen LogP contribution in [0.2, 0.25) is 0 Å². The first-order valence-corrected chi connectivity index (χ1v) is 4.41. The van der Waals surface area contributed by atoms with Gasteiger partial charge >= 0.3 is 6.18 Å². The van der Waals surface area contributed by atoms with Gasteiger partial charge in [0.1, 0.15) is 0 Å². The molecule has 0 spiro atoms. The van der Waals surface area contributed by atoms with E-state index in [1.807, 2.05) is 0 Å². The van der Waals surface area contributed by atoms with E-state index < -0.39 is 12.8 Å². The summed E-state index contributed by atoms with van der Waals surface area (Å²) >= 11 is 0. The first-order valence-electron chi connectivity index (χ1n) is 4.41. The van der Waals surface area contributed by atoms with Gasteiger partial charge in [-0.05, 0) is 25.2 Å². The van der Waals surface area contributed by atoms with Gasteiger partial charge in [0.05, 0.1) is 0 Å². The van der Waals surface area contributed by atoms with E-state index >= 15 is 0 Å². The van der Waals surface area contributed by atoms with Crippen LogP contribution in [0.4, 0.5) is 13.2 Å². The van der Waals surface area contributed by atoms with Crippen LogP contribution in [0.25, 0.3) is 0 Å². The Morgan fingerprint density at radius 3 is 2.54 bits per heavy atom. The zero-order valence-electron chi connectivity index (χ0n) is 7.53. The summed E-state index contributed by atoms with van der Waals surface area (Å²) < 4.78 is 34.9. The molecule has 5 heteroatoms. The molecule has 0 radical (unpaired) electrons. The van der Waals surface area contributed by atoms with Crippen molar-refractivity contribution < 1.29 is 18.0 Å². The highest BCUT2D eigenvalue weighted by atomic mass is 19.4. The molecular weight excluding hydrogens is 183 g/mol. The second-order valence-corrected chi connectivity index (χ2v) is 3.64. The third-order valence-corrected chi connectivity index (χ3v) is 2.18. The van der Waals surface area contributed by atoms with Crippen molar-refractivity contribution in [2.45, 2.75) is 38.4 Å². The van der Waals surface area contributed by atoms with Crippen LogP contribution in [0.5, 0.6) is 0 Å². The van der Waals surface area contributed by atoms with Gasteiger partial charge in [-0.1, -0.05) is 6.92 Å². The van der Waals surface area contributed by atoms with Crippen LogP contribution in [0.15, 0.2) is 0 Å². The van der Waals surface area contributed by atoms with Crippen LogP contribution in [-0.2, 0) is 4.84 Å². The van der Waals surface area contributed by atoms with E-state index in [0.717, 1.165) is 19.3 Å². The van der Waals surface area contributed by atoms with Crippen molar-refractivity contribution in [2.24, 2.45) is 5.92 Å². The highest BCUT2D eigenvalue weighted by molar-refractivity contribution is 4.75. The first-order chi connectivity index (χ1) is 5.97. The molecule has 0 bridgehead atoms. The lowest BCUT2D eigenvalue weighted by Crippen LogP contribution is -2.31. The second kappa shape index (κ2) is 4.28. The van der Waals surface area contributed by atoms with E-state index in [9.17, 15) is 13.2 Å². The fourth-order valence-electron chi connectivity index (χ4n) is 1.56. The third-order valence-electron chi connectivity index (χ3n) is 2.18. The zero-order valence-corrected chi connectivity index (χ0v) is 7.53. The Balaban J connectivity index is 2.07. The number of alkyl halides is 3. The van der Waals surface area contributed by atoms with Crippen molar-refractivity contribution in [3.63, 3.8) is 0 Å². The highest BCUT2D eigenvalue weighted by Crippen LogP contribution is 2.24. The molecule has 0 aromatic heterocycles. The van der Waals surface area contributed by atoms with Gasteiger partial charge in [-0.15, -0.1) is 0 Å². The summed E-state index contributed by atoms with van der Waals surface area (Å²) in [5.74, 6) is 0.590. The minimum Gasteiger partial charge on any atom is -0.292 e. The van der Waals surface area contributed by atoms with Crippen molar-refractivity contribution in [3.05, 3.63) is 0 Å². The quantitative estimate of drug-likeness (QED) is 0.701.